The van der Waals surface area contributed by atoms with Crippen molar-refractivity contribution >= 4 is 46.3 Å². The highest BCUT2D eigenvalue weighted by molar-refractivity contribution is 8.14. The number of carbonyl (C=O) groups is 2. The summed E-state index contributed by atoms with van der Waals surface area (Å²) in [6.07, 6.45) is -0.473. The Kier molecular flexibility index (Phi) is 10.2. The van der Waals surface area contributed by atoms with E-state index < -0.39 is 6.09 Å². The highest BCUT2D eigenvalue weighted by Crippen LogP contribution is 2.31. The Morgan fingerprint density at radius 1 is 1.11 bits per heavy atom. The number of nitrogens with one attached hydrogen (secondary N) is 1. The quantitative estimate of drug-likeness (QED) is 0.428. The first-order chi connectivity index (χ1) is 18.4. The topological polar surface area (TPSA) is 92.7 Å². The van der Waals surface area contributed by atoms with Crippen LogP contribution in [-0.4, -0.2) is 83.7 Å². The number of ether oxygens (including phenoxy) is 3. The molecule has 2 aromatic carbocycles. The minimum absolute atomic E-state index is 0.00183. The second-order valence-electron chi connectivity index (χ2n) is 9.10. The molecule has 2 heterocycles. The van der Waals surface area contributed by atoms with Crippen LogP contribution in [0.2, 0.25) is 0 Å². The maximum absolute atomic E-state index is 12.6. The number of carbonyl (C=O) groups excluding carboxylic acids is 2. The summed E-state index contributed by atoms with van der Waals surface area (Å²) in [4.78, 5) is 27.0. The van der Waals surface area contributed by atoms with Crippen LogP contribution in [0, 0.1) is 0 Å². The highest BCUT2D eigenvalue weighted by Gasteiger charge is 2.23. The number of hydrazone groups is 1. The van der Waals surface area contributed by atoms with Gasteiger partial charge in [0.1, 0.15) is 6.61 Å². The zero-order chi connectivity index (χ0) is 26.9. The summed E-state index contributed by atoms with van der Waals surface area (Å²) in [5.41, 5.74) is 3.19. The summed E-state index contributed by atoms with van der Waals surface area (Å²) in [6.45, 7) is 7.42. The van der Waals surface area contributed by atoms with Gasteiger partial charge in [0.2, 0.25) is 0 Å². The van der Waals surface area contributed by atoms with Gasteiger partial charge in [-0.25, -0.2) is 9.80 Å². The Hall–Kier alpha value is -2.89. The molecule has 0 radical (unpaired) electrons. The fourth-order valence-electron chi connectivity index (χ4n) is 3.98. The van der Waals surface area contributed by atoms with E-state index in [0.717, 1.165) is 48.0 Å². The maximum Gasteiger partial charge on any atom is 0.411 e. The number of benzene rings is 2. The van der Waals surface area contributed by atoms with Crippen LogP contribution in [0.3, 0.4) is 0 Å². The summed E-state index contributed by atoms with van der Waals surface area (Å²) in [5, 5.41) is 8.75. The van der Waals surface area contributed by atoms with E-state index >= 15 is 0 Å². The first-order valence-electron chi connectivity index (χ1n) is 12.6. The molecule has 0 atom stereocenters. The number of hydrogen-bond donors (Lipinski definition) is 1. The van der Waals surface area contributed by atoms with Crippen molar-refractivity contribution in [2.45, 2.75) is 26.5 Å². The van der Waals surface area contributed by atoms with Gasteiger partial charge in [0, 0.05) is 48.1 Å². The Balaban J connectivity index is 1.33. The van der Waals surface area contributed by atoms with E-state index in [0.29, 0.717) is 36.1 Å². The van der Waals surface area contributed by atoms with Gasteiger partial charge in [-0.2, -0.15) is 16.9 Å². The van der Waals surface area contributed by atoms with Gasteiger partial charge < -0.3 is 14.2 Å². The predicted octanol–water partition coefficient (Wildman–Crippen LogP) is 5.15. The zero-order valence-corrected chi connectivity index (χ0v) is 23.6. The van der Waals surface area contributed by atoms with Crippen molar-refractivity contribution in [3.63, 3.8) is 0 Å². The number of methoxy groups -OCH3 is 1. The van der Waals surface area contributed by atoms with Crippen LogP contribution < -0.4 is 14.8 Å². The number of thioether (sulfide) groups is 2. The lowest BCUT2D eigenvalue weighted by atomic mass is 10.1. The summed E-state index contributed by atoms with van der Waals surface area (Å²) in [5.74, 6) is 4.02. The second kappa shape index (κ2) is 13.8. The van der Waals surface area contributed by atoms with E-state index in [9.17, 15) is 9.59 Å². The third kappa shape index (κ3) is 8.05. The minimum atomic E-state index is -0.471. The molecule has 4 rings (SSSR count). The number of anilines is 1. The molecular formula is C27H34N4O5S2. The fourth-order valence-corrected chi connectivity index (χ4v) is 5.69. The van der Waals surface area contributed by atoms with Crippen LogP contribution >= 0.6 is 23.5 Å². The largest absolute Gasteiger partial charge is 0.493 e. The predicted molar refractivity (Wildman–Crippen MR) is 154 cm³/mol. The van der Waals surface area contributed by atoms with Gasteiger partial charge in [-0.3, -0.25) is 15.0 Å². The van der Waals surface area contributed by atoms with Crippen LogP contribution in [0.1, 0.15) is 25.0 Å². The van der Waals surface area contributed by atoms with Gasteiger partial charge in [0.05, 0.1) is 25.5 Å². The molecule has 11 heteroatoms. The van der Waals surface area contributed by atoms with E-state index in [1.807, 2.05) is 55.9 Å². The summed E-state index contributed by atoms with van der Waals surface area (Å²) in [7, 11) is 1.61. The van der Waals surface area contributed by atoms with Crippen LogP contribution in [-0.2, 0) is 11.3 Å². The number of amides is 2. The van der Waals surface area contributed by atoms with E-state index in [1.165, 1.54) is 16.8 Å². The molecule has 2 aliphatic rings. The van der Waals surface area contributed by atoms with E-state index in [1.54, 1.807) is 19.2 Å². The monoisotopic (exact) mass is 558 g/mol. The Labute approximate surface area is 232 Å². The molecule has 0 aliphatic carbocycles. The number of hydrogen-bond acceptors (Lipinski definition) is 9. The van der Waals surface area contributed by atoms with Crippen molar-refractivity contribution in [3.05, 3.63) is 53.6 Å². The van der Waals surface area contributed by atoms with E-state index in [2.05, 4.69) is 15.3 Å². The third-order valence-corrected chi connectivity index (χ3v) is 7.74. The molecule has 38 heavy (non-hydrogen) atoms. The molecular weight excluding hydrogens is 524 g/mol. The number of nitrogens with zero attached hydrogens (tertiary/aromatic N) is 3. The van der Waals surface area contributed by atoms with Crippen LogP contribution in [0.4, 0.5) is 15.3 Å². The molecule has 0 aromatic heterocycles. The molecule has 1 fully saturated rings. The standard InChI is InChI=1S/C27H34N4O5S2/c1-19(2)36-25-16-21(6-9-24(25)34-3)23-18-38-27(33)31(29-23)17-20-4-7-22(8-5-20)28-26(32)35-13-10-30-11-14-37-15-12-30/h4-9,16,19H,10-15,17-18H2,1-3H3,(H,28,32). The maximum atomic E-state index is 12.6. The first kappa shape index (κ1) is 28.1. The van der Waals surface area contributed by atoms with Gasteiger partial charge >= 0.3 is 11.3 Å². The normalized spacial score (nSPS) is 16.3. The van der Waals surface area contributed by atoms with Crippen molar-refractivity contribution in [1.82, 2.24) is 9.91 Å². The summed E-state index contributed by atoms with van der Waals surface area (Å²) in [6, 6.07) is 13.0. The van der Waals surface area contributed by atoms with Crippen LogP contribution in [0.15, 0.2) is 47.6 Å². The lowest BCUT2D eigenvalue weighted by Gasteiger charge is -2.25. The average molecular weight is 559 g/mol. The Bertz CT molecular complexity index is 1140. The van der Waals surface area contributed by atoms with E-state index in [4.69, 9.17) is 14.2 Å². The molecule has 1 N–H and O–H groups in total. The SMILES string of the molecule is COc1ccc(C2=NN(Cc3ccc(NC(=O)OCCN4CCSCC4)cc3)C(=O)SC2)cc1OC(C)C. The smallest absolute Gasteiger partial charge is 0.411 e. The second-order valence-corrected chi connectivity index (χ2v) is 11.3. The van der Waals surface area contributed by atoms with Crippen molar-refractivity contribution in [2.24, 2.45) is 5.10 Å². The van der Waals surface area contributed by atoms with Crippen molar-refractivity contribution in [2.75, 3.05) is 55.9 Å². The van der Waals surface area contributed by atoms with Crippen molar-refractivity contribution in [1.29, 1.82) is 0 Å². The van der Waals surface area contributed by atoms with Gasteiger partial charge in [-0.15, -0.1) is 0 Å². The van der Waals surface area contributed by atoms with Crippen LogP contribution in [0.5, 0.6) is 11.5 Å². The highest BCUT2D eigenvalue weighted by atomic mass is 32.2. The van der Waals surface area contributed by atoms with E-state index in [-0.39, 0.29) is 11.3 Å². The number of rotatable bonds is 10. The molecule has 0 saturated carbocycles. The molecule has 0 bridgehead atoms. The molecule has 0 spiro atoms. The first-order valence-corrected chi connectivity index (χ1v) is 14.7. The Morgan fingerprint density at radius 2 is 1.87 bits per heavy atom. The molecule has 2 amide bonds. The van der Waals surface area contributed by atoms with Gasteiger partial charge in [0.15, 0.2) is 11.5 Å². The lowest BCUT2D eigenvalue weighted by Crippen LogP contribution is -2.35. The minimum Gasteiger partial charge on any atom is -0.493 e. The zero-order valence-electron chi connectivity index (χ0n) is 22.0. The van der Waals surface area contributed by atoms with Crippen LogP contribution in [0.25, 0.3) is 0 Å². The van der Waals surface area contributed by atoms with Crippen molar-refractivity contribution in [3.8, 4) is 11.5 Å². The molecule has 1 saturated heterocycles. The van der Waals surface area contributed by atoms with Gasteiger partial charge in [0.25, 0.3) is 0 Å². The summed E-state index contributed by atoms with van der Waals surface area (Å²) >= 11 is 3.17. The molecule has 0 unspecified atom stereocenters. The molecule has 9 nitrogen and oxygen atoms in total. The lowest BCUT2D eigenvalue weighted by molar-refractivity contribution is 0.142. The van der Waals surface area contributed by atoms with Gasteiger partial charge in [-0.1, -0.05) is 23.9 Å². The molecule has 204 valence electrons. The molecule has 2 aromatic rings. The van der Waals surface area contributed by atoms with Gasteiger partial charge in [-0.05, 0) is 49.7 Å². The Morgan fingerprint density at radius 3 is 2.58 bits per heavy atom. The summed E-state index contributed by atoms with van der Waals surface area (Å²) < 4.78 is 16.6. The van der Waals surface area contributed by atoms with Crippen molar-refractivity contribution < 1.29 is 23.8 Å². The fraction of sp³-hybridized carbons (Fsp3) is 0.444. The molecule has 2 aliphatic heterocycles. The third-order valence-electron chi connectivity index (χ3n) is 5.92. The average Bonchev–Trinajstić information content (AvgIpc) is 2.91.